The second-order valence-electron chi connectivity index (χ2n) is 6.46. The number of rotatable bonds is 10. The van der Waals surface area contributed by atoms with E-state index < -0.39 is 60.4 Å². The number of amides is 2. The zero-order chi connectivity index (χ0) is 22.6. The summed E-state index contributed by atoms with van der Waals surface area (Å²) in [5.41, 5.74) is 3.85. The molecule has 0 aromatic carbocycles. The number of nitrogens with one attached hydrogen (secondary N) is 1. The summed E-state index contributed by atoms with van der Waals surface area (Å²) in [6, 6.07) is -1.18. The van der Waals surface area contributed by atoms with E-state index in [1.807, 2.05) is 0 Å². The number of alkyl halides is 1. The number of carboxylic acids is 2. The van der Waals surface area contributed by atoms with Gasteiger partial charge in [-0.25, -0.2) is 24.0 Å². The van der Waals surface area contributed by atoms with Crippen molar-refractivity contribution in [1.82, 2.24) is 15.4 Å². The van der Waals surface area contributed by atoms with Gasteiger partial charge in [-0.2, -0.15) is 0 Å². The molecule has 15 heteroatoms. The fraction of sp³-hybridized carbons (Fsp3) is 0.467. The van der Waals surface area contributed by atoms with Gasteiger partial charge in [0.15, 0.2) is 10.8 Å². The van der Waals surface area contributed by atoms with Crippen LogP contribution in [0.1, 0.15) is 19.5 Å². The fourth-order valence-electron chi connectivity index (χ4n) is 2.40. The predicted octanol–water partition coefficient (Wildman–Crippen LogP) is -1.01. The van der Waals surface area contributed by atoms with E-state index in [-0.39, 0.29) is 10.8 Å². The van der Waals surface area contributed by atoms with Crippen molar-refractivity contribution in [2.24, 2.45) is 5.16 Å². The van der Waals surface area contributed by atoms with Gasteiger partial charge in [0.05, 0.1) is 5.54 Å². The lowest BCUT2D eigenvalue weighted by molar-refractivity contribution is -0.276. The number of β-lactam (4-membered cyclic amide) rings is 1. The van der Waals surface area contributed by atoms with Gasteiger partial charge in [0, 0.05) is 5.38 Å². The van der Waals surface area contributed by atoms with Crippen LogP contribution >= 0.6 is 11.3 Å². The zero-order valence-corrected chi connectivity index (χ0v) is 16.5. The Hall–Kier alpha value is -3.33. The highest BCUT2D eigenvalue weighted by Crippen LogP contribution is 2.33. The van der Waals surface area contributed by atoms with E-state index in [1.54, 1.807) is 0 Å². The van der Waals surface area contributed by atoms with Gasteiger partial charge in [-0.1, -0.05) is 5.16 Å². The van der Waals surface area contributed by atoms with Crippen LogP contribution in [0.15, 0.2) is 10.5 Å². The van der Waals surface area contributed by atoms with Crippen LogP contribution in [0.3, 0.4) is 0 Å². The minimum absolute atomic E-state index is 0.0126. The van der Waals surface area contributed by atoms with Gasteiger partial charge in [-0.05, 0) is 13.8 Å². The third-order valence-electron chi connectivity index (χ3n) is 3.92. The number of nitrogens with zero attached hydrogens (tertiary/aromatic N) is 3. The molecule has 2 heterocycles. The molecule has 0 radical (unpaired) electrons. The number of hydroxylamine groups is 2. The second-order valence-corrected chi connectivity index (χ2v) is 7.35. The van der Waals surface area contributed by atoms with E-state index >= 15 is 0 Å². The van der Waals surface area contributed by atoms with Gasteiger partial charge in [-0.15, -0.1) is 11.3 Å². The van der Waals surface area contributed by atoms with Crippen LogP contribution in [0.2, 0.25) is 0 Å². The van der Waals surface area contributed by atoms with Crippen LogP contribution in [0, 0.1) is 0 Å². The highest BCUT2D eigenvalue weighted by atomic mass is 32.1. The molecule has 5 N–H and O–H groups in total. The average molecular weight is 447 g/mol. The number of halogens is 1. The van der Waals surface area contributed by atoms with Crippen molar-refractivity contribution >= 4 is 45.9 Å². The maximum atomic E-state index is 12.8. The number of carboxylic acid groups (broad SMARTS) is 2. The van der Waals surface area contributed by atoms with Gasteiger partial charge in [0.25, 0.3) is 11.8 Å². The van der Waals surface area contributed by atoms with Crippen molar-refractivity contribution in [3.8, 4) is 0 Å². The highest BCUT2D eigenvalue weighted by Gasteiger charge is 2.57. The van der Waals surface area contributed by atoms with E-state index in [9.17, 15) is 23.6 Å². The number of carbonyl (C=O) groups is 4. The van der Waals surface area contributed by atoms with Crippen molar-refractivity contribution in [3.05, 3.63) is 11.1 Å². The van der Waals surface area contributed by atoms with Crippen LogP contribution < -0.4 is 11.1 Å². The summed E-state index contributed by atoms with van der Waals surface area (Å²) in [7, 11) is 0. The minimum Gasteiger partial charge on any atom is -0.479 e. The molecular weight excluding hydrogens is 429 g/mol. The highest BCUT2D eigenvalue weighted by molar-refractivity contribution is 7.13. The lowest BCUT2D eigenvalue weighted by Crippen LogP contribution is -2.77. The number of aromatic nitrogens is 1. The Labute approximate surface area is 172 Å². The average Bonchev–Trinajstić information content (AvgIpc) is 3.08. The van der Waals surface area contributed by atoms with Gasteiger partial charge >= 0.3 is 11.9 Å². The summed E-state index contributed by atoms with van der Waals surface area (Å²) >= 11 is 0.989. The summed E-state index contributed by atoms with van der Waals surface area (Å²) in [6.45, 7) is 0.713. The molecule has 0 aliphatic carbocycles. The second kappa shape index (κ2) is 9.00. The molecule has 2 rings (SSSR count). The Balaban J connectivity index is 2.16. The van der Waals surface area contributed by atoms with Crippen LogP contribution in [0.5, 0.6) is 0 Å². The number of hydrogen-bond acceptors (Lipinski definition) is 10. The predicted molar refractivity (Wildman–Crippen MR) is 98.0 cm³/mol. The molecule has 30 heavy (non-hydrogen) atoms. The smallest absolute Gasteiger partial charge is 0.344 e. The first kappa shape index (κ1) is 23.0. The number of nitrogen functional groups attached to an aromatic ring is 1. The summed E-state index contributed by atoms with van der Waals surface area (Å²) < 4.78 is 12.8. The Morgan fingerprint density at radius 1 is 1.47 bits per heavy atom. The Bertz CT molecular complexity index is 888. The summed E-state index contributed by atoms with van der Waals surface area (Å²) in [4.78, 5) is 59.8. The first-order valence-electron chi connectivity index (χ1n) is 8.22. The molecule has 0 spiro atoms. The van der Waals surface area contributed by atoms with Crippen molar-refractivity contribution in [2.75, 3.05) is 19.0 Å². The number of thiazole rings is 1. The topological polar surface area (TPSA) is 194 Å². The summed E-state index contributed by atoms with van der Waals surface area (Å²) in [5.74, 6) is -4.69. The Morgan fingerprint density at radius 3 is 2.60 bits per heavy atom. The third-order valence-corrected chi connectivity index (χ3v) is 4.60. The molecule has 1 aromatic heterocycles. The first-order valence-corrected chi connectivity index (χ1v) is 9.10. The van der Waals surface area contributed by atoms with Gasteiger partial charge < -0.3 is 26.1 Å². The molecule has 13 nitrogen and oxygen atoms in total. The number of carbonyl (C=O) groups excluding carboxylic acids is 2. The summed E-state index contributed by atoms with van der Waals surface area (Å²) in [6.07, 6.45) is -1.88. The molecule has 0 saturated carbocycles. The number of anilines is 1. The molecule has 2 atom stereocenters. The monoisotopic (exact) mass is 447 g/mol. The lowest BCUT2D eigenvalue weighted by atomic mass is 9.84. The van der Waals surface area contributed by atoms with Crippen molar-refractivity contribution in [3.63, 3.8) is 0 Å². The molecule has 1 unspecified atom stereocenters. The van der Waals surface area contributed by atoms with Crippen LogP contribution in [0.4, 0.5) is 9.52 Å². The largest absolute Gasteiger partial charge is 0.479 e. The molecule has 2 amide bonds. The maximum Gasteiger partial charge on any atom is 0.344 e. The van der Waals surface area contributed by atoms with Gasteiger partial charge in [0.1, 0.15) is 18.4 Å². The molecule has 1 saturated heterocycles. The van der Waals surface area contributed by atoms with E-state index in [0.717, 1.165) is 11.3 Å². The first-order chi connectivity index (χ1) is 14.0. The van der Waals surface area contributed by atoms with Crippen molar-refractivity contribution in [2.45, 2.75) is 31.5 Å². The molecular formula is C15H18FN5O8S. The number of nitrogens with two attached hydrogens (primary N) is 1. The Kier molecular flexibility index (Phi) is 6.88. The number of hydrogen-bond donors (Lipinski definition) is 4. The number of oxime groups is 1. The number of aliphatic carboxylic acids is 2. The molecule has 1 aromatic rings. The molecule has 0 bridgehead atoms. The lowest BCUT2D eigenvalue weighted by Gasteiger charge is -2.52. The third kappa shape index (κ3) is 4.80. The van der Waals surface area contributed by atoms with E-state index in [2.05, 4.69) is 20.3 Å². The van der Waals surface area contributed by atoms with Crippen molar-refractivity contribution in [1.29, 1.82) is 0 Å². The van der Waals surface area contributed by atoms with E-state index in [1.165, 1.54) is 19.2 Å². The van der Waals surface area contributed by atoms with Crippen LogP contribution in [-0.2, 0) is 28.9 Å². The molecule has 1 aliphatic rings. The fourth-order valence-corrected chi connectivity index (χ4v) is 2.95. The van der Waals surface area contributed by atoms with Crippen molar-refractivity contribution < 1.29 is 43.5 Å². The quantitative estimate of drug-likeness (QED) is 0.196. The SMILES string of the molecule is CC1(C)[C@H](NC(=O)/C(=N\OCC(=O)O)c2csc(N)n2)C(=O)N1OC(CF)C(=O)O. The minimum atomic E-state index is -1.88. The van der Waals surface area contributed by atoms with Crippen LogP contribution in [0.25, 0.3) is 0 Å². The van der Waals surface area contributed by atoms with Gasteiger partial charge in [0.2, 0.25) is 12.7 Å². The van der Waals surface area contributed by atoms with Gasteiger partial charge in [-0.3, -0.25) is 14.4 Å². The van der Waals surface area contributed by atoms with E-state index in [4.69, 9.17) is 20.8 Å². The normalized spacial score (nSPS) is 19.0. The molecule has 1 aliphatic heterocycles. The van der Waals surface area contributed by atoms with Crippen LogP contribution in [-0.4, -0.2) is 80.7 Å². The Morgan fingerprint density at radius 2 is 2.13 bits per heavy atom. The molecule has 164 valence electrons. The molecule has 1 fully saturated rings. The van der Waals surface area contributed by atoms with E-state index in [0.29, 0.717) is 5.06 Å². The maximum absolute atomic E-state index is 12.8. The standard InChI is InChI=1S/C15H18FN5O8S/c1-15(2)10(12(25)21(15)29-7(3-16)13(26)27)19-11(24)9(20-28-4-8(22)23)6-5-30-14(17)18-6/h5,7,10H,3-4H2,1-2H3,(H2,17,18)(H,19,24)(H,22,23)(H,26,27)/b20-9-/t7?,10-/m1/s1. The summed E-state index contributed by atoms with van der Waals surface area (Å²) in [5, 5.41) is 25.5. The zero-order valence-electron chi connectivity index (χ0n) is 15.7.